The zero-order valence-corrected chi connectivity index (χ0v) is 17.6. The van der Waals surface area contributed by atoms with E-state index in [0.29, 0.717) is 26.4 Å². The van der Waals surface area contributed by atoms with Gasteiger partial charge in [0.15, 0.2) is 0 Å². The van der Waals surface area contributed by atoms with E-state index in [1.165, 1.54) is 5.56 Å². The summed E-state index contributed by atoms with van der Waals surface area (Å²) in [6.07, 6.45) is 0.593. The summed E-state index contributed by atoms with van der Waals surface area (Å²) in [6.45, 7) is 2.19. The van der Waals surface area contributed by atoms with Gasteiger partial charge in [-0.25, -0.2) is 0 Å². The second-order valence-corrected chi connectivity index (χ2v) is 8.31. The zero-order valence-electron chi connectivity index (χ0n) is 17.6. The van der Waals surface area contributed by atoms with Crippen molar-refractivity contribution in [2.24, 2.45) is 0 Å². The molecule has 4 nitrogen and oxygen atoms in total. The fourth-order valence-electron chi connectivity index (χ4n) is 4.30. The molecule has 160 valence electrons. The van der Waals surface area contributed by atoms with Crippen LogP contribution in [0.5, 0.6) is 0 Å². The van der Waals surface area contributed by atoms with Crippen LogP contribution < -0.4 is 0 Å². The van der Waals surface area contributed by atoms with Crippen LogP contribution in [-0.4, -0.2) is 30.5 Å². The molecule has 2 aliphatic rings. The third-order valence-electron chi connectivity index (χ3n) is 6.10. The van der Waals surface area contributed by atoms with Gasteiger partial charge in [0.05, 0.1) is 32.5 Å². The Balaban J connectivity index is 1.25. The lowest BCUT2D eigenvalue weighted by Gasteiger charge is -2.24. The van der Waals surface area contributed by atoms with Crippen molar-refractivity contribution in [1.29, 1.82) is 0 Å². The standard InChI is InChI=1S/C27H28O4/c1-4-10-21(11-5-1)17-28-24-20-31-27(26(24)30-19-23-14-8-3-9-15-23)16-25(27)29-18-22-12-6-2-7-13-22/h1-15,24-26H,16-20H2/t24-,25?,26-,27-/m0/s1. The lowest BCUT2D eigenvalue weighted by atomic mass is 10.1. The van der Waals surface area contributed by atoms with Gasteiger partial charge >= 0.3 is 0 Å². The van der Waals surface area contributed by atoms with Crippen LogP contribution >= 0.6 is 0 Å². The maximum atomic E-state index is 6.42. The number of ether oxygens (including phenoxy) is 4. The van der Waals surface area contributed by atoms with E-state index in [0.717, 1.165) is 17.5 Å². The highest BCUT2D eigenvalue weighted by atomic mass is 16.6. The minimum Gasteiger partial charge on any atom is -0.370 e. The molecule has 0 N–H and O–H groups in total. The molecule has 5 rings (SSSR count). The van der Waals surface area contributed by atoms with Gasteiger partial charge in [-0.1, -0.05) is 91.0 Å². The van der Waals surface area contributed by atoms with Gasteiger partial charge in [-0.05, 0) is 16.7 Å². The van der Waals surface area contributed by atoms with Crippen LogP contribution in [0.1, 0.15) is 23.1 Å². The summed E-state index contributed by atoms with van der Waals surface area (Å²) in [5.41, 5.74) is 3.05. The van der Waals surface area contributed by atoms with Crippen LogP contribution in [0.4, 0.5) is 0 Å². The normalized spacial score (nSPS) is 26.9. The predicted octanol–water partition coefficient (Wildman–Crippen LogP) is 4.92. The van der Waals surface area contributed by atoms with Crippen LogP contribution in [0.2, 0.25) is 0 Å². The highest BCUT2D eigenvalue weighted by molar-refractivity contribution is 5.21. The van der Waals surface area contributed by atoms with E-state index in [1.807, 2.05) is 54.6 Å². The van der Waals surface area contributed by atoms with Gasteiger partial charge in [-0.2, -0.15) is 0 Å². The predicted molar refractivity (Wildman–Crippen MR) is 118 cm³/mol. The minimum atomic E-state index is -0.412. The van der Waals surface area contributed by atoms with E-state index in [4.69, 9.17) is 18.9 Å². The molecule has 1 saturated heterocycles. The van der Waals surface area contributed by atoms with Crippen LogP contribution in [-0.2, 0) is 38.8 Å². The Kier molecular flexibility index (Phi) is 6.14. The van der Waals surface area contributed by atoms with E-state index < -0.39 is 5.60 Å². The first-order valence-electron chi connectivity index (χ1n) is 10.9. The van der Waals surface area contributed by atoms with Crippen molar-refractivity contribution in [2.75, 3.05) is 6.61 Å². The number of benzene rings is 3. The lowest BCUT2D eigenvalue weighted by molar-refractivity contribution is -0.0952. The van der Waals surface area contributed by atoms with Gasteiger partial charge < -0.3 is 18.9 Å². The van der Waals surface area contributed by atoms with Crippen molar-refractivity contribution in [3.05, 3.63) is 108 Å². The fraction of sp³-hybridized carbons (Fsp3) is 0.333. The molecule has 1 heterocycles. The van der Waals surface area contributed by atoms with E-state index in [-0.39, 0.29) is 18.3 Å². The van der Waals surface area contributed by atoms with Crippen molar-refractivity contribution in [3.8, 4) is 0 Å². The average Bonchev–Trinajstić information content (AvgIpc) is 3.43. The molecule has 31 heavy (non-hydrogen) atoms. The molecule has 0 amide bonds. The maximum absolute atomic E-state index is 6.42. The molecule has 1 saturated carbocycles. The lowest BCUT2D eigenvalue weighted by Crippen LogP contribution is -2.38. The van der Waals surface area contributed by atoms with Crippen LogP contribution in [0.25, 0.3) is 0 Å². The summed E-state index contributed by atoms with van der Waals surface area (Å²) < 4.78 is 25.2. The monoisotopic (exact) mass is 416 g/mol. The molecule has 3 aromatic carbocycles. The average molecular weight is 417 g/mol. The summed E-state index contributed by atoms with van der Waals surface area (Å²) in [5, 5.41) is 0. The van der Waals surface area contributed by atoms with Gasteiger partial charge in [-0.3, -0.25) is 0 Å². The van der Waals surface area contributed by atoms with Crippen molar-refractivity contribution in [3.63, 3.8) is 0 Å². The van der Waals surface area contributed by atoms with E-state index in [2.05, 4.69) is 36.4 Å². The highest BCUT2D eigenvalue weighted by Gasteiger charge is 2.68. The first kappa shape index (κ1) is 20.4. The SMILES string of the molecule is c1ccc(COC2C[C@]23OC[C@H](OCc2ccccc2)[C@@H]3OCc2ccccc2)cc1. The van der Waals surface area contributed by atoms with E-state index in [9.17, 15) is 0 Å². The van der Waals surface area contributed by atoms with Crippen molar-refractivity contribution < 1.29 is 18.9 Å². The van der Waals surface area contributed by atoms with E-state index in [1.54, 1.807) is 0 Å². The molecule has 2 fully saturated rings. The minimum absolute atomic E-state index is 0.0267. The smallest absolute Gasteiger partial charge is 0.126 e. The molecular weight excluding hydrogens is 388 g/mol. The Morgan fingerprint density at radius 3 is 1.68 bits per heavy atom. The first-order chi connectivity index (χ1) is 15.3. The van der Waals surface area contributed by atoms with Gasteiger partial charge in [0, 0.05) is 6.42 Å². The van der Waals surface area contributed by atoms with Gasteiger partial charge in [-0.15, -0.1) is 0 Å². The van der Waals surface area contributed by atoms with Crippen molar-refractivity contribution >= 4 is 0 Å². The molecule has 1 aliphatic carbocycles. The number of hydrogen-bond acceptors (Lipinski definition) is 4. The molecular formula is C27H28O4. The molecule has 0 bridgehead atoms. The van der Waals surface area contributed by atoms with Crippen LogP contribution in [0.3, 0.4) is 0 Å². The summed E-state index contributed by atoms with van der Waals surface area (Å²) in [4.78, 5) is 0. The maximum Gasteiger partial charge on any atom is 0.126 e. The molecule has 0 radical (unpaired) electrons. The third-order valence-corrected chi connectivity index (χ3v) is 6.10. The topological polar surface area (TPSA) is 36.9 Å². The van der Waals surface area contributed by atoms with Gasteiger partial charge in [0.1, 0.15) is 17.8 Å². The third kappa shape index (κ3) is 4.73. The summed E-state index contributed by atoms with van der Waals surface area (Å²) in [5.74, 6) is 0. The number of hydrogen-bond donors (Lipinski definition) is 0. The quantitative estimate of drug-likeness (QED) is 0.496. The highest BCUT2D eigenvalue weighted by Crippen LogP contribution is 2.52. The Morgan fingerprint density at radius 1 is 0.645 bits per heavy atom. The van der Waals surface area contributed by atoms with Gasteiger partial charge in [0.2, 0.25) is 0 Å². The summed E-state index contributed by atoms with van der Waals surface area (Å²) in [6, 6.07) is 30.7. The molecule has 0 aromatic heterocycles. The molecule has 4 heteroatoms. The van der Waals surface area contributed by atoms with Gasteiger partial charge in [0.25, 0.3) is 0 Å². The van der Waals surface area contributed by atoms with Crippen LogP contribution in [0.15, 0.2) is 91.0 Å². The molecule has 1 spiro atoms. The second-order valence-electron chi connectivity index (χ2n) is 8.31. The Labute approximate surface area is 183 Å². The molecule has 1 unspecified atom stereocenters. The largest absolute Gasteiger partial charge is 0.370 e. The van der Waals surface area contributed by atoms with Crippen molar-refractivity contribution in [1.82, 2.24) is 0 Å². The van der Waals surface area contributed by atoms with Crippen molar-refractivity contribution in [2.45, 2.75) is 50.2 Å². The Morgan fingerprint density at radius 2 is 1.13 bits per heavy atom. The van der Waals surface area contributed by atoms with E-state index >= 15 is 0 Å². The van der Waals surface area contributed by atoms with Crippen LogP contribution in [0, 0.1) is 0 Å². The fourth-order valence-corrected chi connectivity index (χ4v) is 4.30. The Bertz CT molecular complexity index is 947. The Hall–Kier alpha value is -2.50. The molecule has 1 aliphatic heterocycles. The summed E-state index contributed by atoms with van der Waals surface area (Å²) in [7, 11) is 0. The molecule has 3 aromatic rings. The molecule has 4 atom stereocenters. The number of rotatable bonds is 9. The second kappa shape index (κ2) is 9.33. The first-order valence-corrected chi connectivity index (χ1v) is 10.9. The summed E-state index contributed by atoms with van der Waals surface area (Å²) >= 11 is 0. The zero-order chi connectivity index (χ0) is 20.9.